The van der Waals surface area contributed by atoms with Crippen molar-refractivity contribution < 1.29 is 18.8 Å². The highest BCUT2D eigenvalue weighted by molar-refractivity contribution is 5.77. The van der Waals surface area contributed by atoms with E-state index in [0.29, 0.717) is 6.54 Å². The van der Waals surface area contributed by atoms with Gasteiger partial charge in [-0.1, -0.05) is 6.07 Å². The third-order valence-electron chi connectivity index (χ3n) is 4.69. The first-order chi connectivity index (χ1) is 12.1. The second kappa shape index (κ2) is 8.21. The number of nitrogens with one attached hydrogen (secondary N) is 2. The molecule has 1 aliphatic heterocycles. The Morgan fingerprint density at radius 2 is 1.96 bits per heavy atom. The number of benzene rings is 1. The molecule has 25 heavy (non-hydrogen) atoms. The van der Waals surface area contributed by atoms with Gasteiger partial charge in [-0.3, -0.25) is 4.79 Å². The van der Waals surface area contributed by atoms with Crippen LogP contribution in [0.15, 0.2) is 41.0 Å². The second-order valence-electron chi connectivity index (χ2n) is 6.85. The van der Waals surface area contributed by atoms with Gasteiger partial charge in [0.2, 0.25) is 0 Å². The van der Waals surface area contributed by atoms with E-state index in [4.69, 9.17) is 9.15 Å². The third kappa shape index (κ3) is 4.86. The number of carbonyl (C=O) groups excluding carboxylic acids is 1. The van der Waals surface area contributed by atoms with Crippen molar-refractivity contribution >= 4 is 5.91 Å². The summed E-state index contributed by atoms with van der Waals surface area (Å²) < 4.78 is 11.2. The minimum absolute atomic E-state index is 0.0309. The lowest BCUT2D eigenvalue weighted by atomic mass is 10.1. The lowest BCUT2D eigenvalue weighted by Gasteiger charge is -2.23. The number of furan rings is 1. The van der Waals surface area contributed by atoms with Crippen molar-refractivity contribution in [3.8, 4) is 5.75 Å². The van der Waals surface area contributed by atoms with Gasteiger partial charge >= 0.3 is 0 Å². The van der Waals surface area contributed by atoms with E-state index in [0.717, 1.165) is 35.7 Å². The number of ether oxygens (including phenoxy) is 1. The van der Waals surface area contributed by atoms with E-state index in [1.807, 2.05) is 38.1 Å². The molecule has 0 saturated carbocycles. The summed E-state index contributed by atoms with van der Waals surface area (Å²) >= 11 is 0. The minimum Gasteiger partial charge on any atom is -0.484 e. The quantitative estimate of drug-likeness (QED) is 0.806. The summed E-state index contributed by atoms with van der Waals surface area (Å²) in [5.41, 5.74) is 2.26. The fourth-order valence-electron chi connectivity index (χ4n) is 3.55. The third-order valence-corrected chi connectivity index (χ3v) is 4.69. The van der Waals surface area contributed by atoms with Gasteiger partial charge in [0, 0.05) is 12.8 Å². The first-order valence-corrected chi connectivity index (χ1v) is 8.97. The highest BCUT2D eigenvalue weighted by Gasteiger charge is 2.29. The molecule has 1 aliphatic rings. The smallest absolute Gasteiger partial charge is 0.258 e. The SMILES string of the molecule is Cc1cc(C)cc(OCC(=O)NC[C@@H](c2ccco2)[NH+]2CCCC2)c1. The van der Waals surface area contributed by atoms with E-state index in [-0.39, 0.29) is 18.6 Å². The van der Waals surface area contributed by atoms with Crippen LogP contribution in [0.25, 0.3) is 0 Å². The van der Waals surface area contributed by atoms with Crippen molar-refractivity contribution in [2.24, 2.45) is 0 Å². The average Bonchev–Trinajstić information content (AvgIpc) is 3.26. The number of carbonyl (C=O) groups is 1. The molecule has 5 nitrogen and oxygen atoms in total. The highest BCUT2D eigenvalue weighted by Crippen LogP contribution is 2.16. The predicted molar refractivity (Wildman–Crippen MR) is 95.8 cm³/mol. The van der Waals surface area contributed by atoms with Crippen molar-refractivity contribution in [1.82, 2.24) is 5.32 Å². The molecule has 2 N–H and O–H groups in total. The maximum Gasteiger partial charge on any atom is 0.258 e. The van der Waals surface area contributed by atoms with Gasteiger partial charge in [-0.2, -0.15) is 0 Å². The van der Waals surface area contributed by atoms with Crippen LogP contribution in [0.1, 0.15) is 35.8 Å². The van der Waals surface area contributed by atoms with Crippen LogP contribution in [0, 0.1) is 13.8 Å². The number of rotatable bonds is 7. The number of hydrogen-bond acceptors (Lipinski definition) is 3. The van der Waals surface area contributed by atoms with Crippen LogP contribution in [0.2, 0.25) is 0 Å². The lowest BCUT2D eigenvalue weighted by molar-refractivity contribution is -0.919. The zero-order valence-electron chi connectivity index (χ0n) is 15.0. The molecule has 1 aromatic carbocycles. The molecule has 2 heterocycles. The fraction of sp³-hybridized carbons (Fsp3) is 0.450. The van der Waals surface area contributed by atoms with Crippen molar-refractivity contribution in [3.05, 3.63) is 53.5 Å². The number of quaternary nitrogens is 1. The van der Waals surface area contributed by atoms with Crippen LogP contribution in [-0.2, 0) is 4.79 Å². The van der Waals surface area contributed by atoms with Crippen molar-refractivity contribution in [1.29, 1.82) is 0 Å². The van der Waals surface area contributed by atoms with Crippen molar-refractivity contribution in [3.63, 3.8) is 0 Å². The van der Waals surface area contributed by atoms with Crippen LogP contribution in [0.4, 0.5) is 0 Å². The number of amides is 1. The Bertz CT molecular complexity index is 671. The second-order valence-corrected chi connectivity index (χ2v) is 6.85. The molecule has 0 aliphatic carbocycles. The van der Waals surface area contributed by atoms with Gasteiger partial charge in [0.25, 0.3) is 5.91 Å². The van der Waals surface area contributed by atoms with Crippen LogP contribution < -0.4 is 15.0 Å². The Hall–Kier alpha value is -2.27. The van der Waals surface area contributed by atoms with E-state index in [1.165, 1.54) is 17.7 Å². The molecule has 0 unspecified atom stereocenters. The molecule has 3 rings (SSSR count). The number of hydrogen-bond donors (Lipinski definition) is 2. The Balaban J connectivity index is 1.52. The topological polar surface area (TPSA) is 55.9 Å². The zero-order chi connectivity index (χ0) is 17.6. The molecular formula is C20H27N2O3+. The van der Waals surface area contributed by atoms with E-state index in [9.17, 15) is 4.79 Å². The maximum absolute atomic E-state index is 12.2. The van der Waals surface area contributed by atoms with Gasteiger partial charge in [0.1, 0.15) is 5.75 Å². The summed E-state index contributed by atoms with van der Waals surface area (Å²) in [6.07, 6.45) is 4.16. The molecule has 134 valence electrons. The molecular weight excluding hydrogens is 316 g/mol. The van der Waals surface area contributed by atoms with E-state index in [2.05, 4.69) is 11.4 Å². The molecule has 5 heteroatoms. The van der Waals surface area contributed by atoms with Gasteiger partial charge in [-0.15, -0.1) is 0 Å². The summed E-state index contributed by atoms with van der Waals surface area (Å²) in [6.45, 7) is 6.89. The first-order valence-electron chi connectivity index (χ1n) is 8.97. The van der Waals surface area contributed by atoms with E-state index in [1.54, 1.807) is 6.26 Å². The normalized spacial score (nSPS) is 15.9. The molecule has 0 bridgehead atoms. The van der Waals surface area contributed by atoms with Crippen molar-refractivity contribution in [2.45, 2.75) is 32.7 Å². The van der Waals surface area contributed by atoms with Crippen LogP contribution >= 0.6 is 0 Å². The molecule has 1 amide bonds. The number of aryl methyl sites for hydroxylation is 2. The van der Waals surface area contributed by atoms with Gasteiger partial charge in [0.05, 0.1) is 25.9 Å². The molecule has 0 radical (unpaired) electrons. The Kier molecular flexibility index (Phi) is 5.76. The molecule has 2 aromatic rings. The average molecular weight is 343 g/mol. The zero-order valence-corrected chi connectivity index (χ0v) is 15.0. The minimum atomic E-state index is -0.102. The van der Waals surface area contributed by atoms with Gasteiger partial charge in [-0.05, 0) is 49.2 Å². The van der Waals surface area contributed by atoms with E-state index < -0.39 is 0 Å². The summed E-state index contributed by atoms with van der Waals surface area (Å²) in [5.74, 6) is 1.57. The summed E-state index contributed by atoms with van der Waals surface area (Å²) in [7, 11) is 0. The summed E-state index contributed by atoms with van der Waals surface area (Å²) in [6, 6.07) is 10.0. The number of likely N-dealkylation sites (tertiary alicyclic amines) is 1. The Labute approximate surface area is 149 Å². The van der Waals surface area contributed by atoms with Crippen molar-refractivity contribution in [2.75, 3.05) is 26.2 Å². The summed E-state index contributed by atoms with van der Waals surface area (Å²) in [4.78, 5) is 13.7. The Morgan fingerprint density at radius 1 is 1.24 bits per heavy atom. The monoisotopic (exact) mass is 343 g/mol. The van der Waals surface area contributed by atoms with Crippen LogP contribution in [-0.4, -0.2) is 32.1 Å². The van der Waals surface area contributed by atoms with Crippen LogP contribution in [0.3, 0.4) is 0 Å². The lowest BCUT2D eigenvalue weighted by Crippen LogP contribution is -3.11. The largest absolute Gasteiger partial charge is 0.484 e. The summed E-state index contributed by atoms with van der Waals surface area (Å²) in [5, 5.41) is 3.00. The Morgan fingerprint density at radius 3 is 2.60 bits per heavy atom. The van der Waals surface area contributed by atoms with Gasteiger partial charge in [0.15, 0.2) is 18.4 Å². The molecule has 1 fully saturated rings. The van der Waals surface area contributed by atoms with Gasteiger partial charge in [-0.25, -0.2) is 0 Å². The molecule has 1 aromatic heterocycles. The molecule has 1 atom stereocenters. The molecule has 1 saturated heterocycles. The first kappa shape index (κ1) is 17.5. The van der Waals surface area contributed by atoms with Gasteiger partial charge < -0.3 is 19.4 Å². The fourth-order valence-corrected chi connectivity index (χ4v) is 3.55. The molecule has 0 spiro atoms. The highest BCUT2D eigenvalue weighted by atomic mass is 16.5. The van der Waals surface area contributed by atoms with E-state index >= 15 is 0 Å². The predicted octanol–water partition coefficient (Wildman–Crippen LogP) is 1.81. The van der Waals surface area contributed by atoms with Crippen LogP contribution in [0.5, 0.6) is 5.75 Å². The standard InChI is InChI=1S/C20H26N2O3/c1-15-10-16(2)12-17(11-15)25-14-20(23)21-13-18(19-6-5-9-24-19)22-7-3-4-8-22/h5-6,9-12,18H,3-4,7-8,13-14H2,1-2H3,(H,21,23)/p+1/t18-/m0/s1. The maximum atomic E-state index is 12.2.